The van der Waals surface area contributed by atoms with Gasteiger partial charge >= 0.3 is 0 Å². The predicted molar refractivity (Wildman–Crippen MR) is 67.1 cm³/mol. The van der Waals surface area contributed by atoms with Crippen molar-refractivity contribution in [2.45, 2.75) is 18.6 Å². The summed E-state index contributed by atoms with van der Waals surface area (Å²) in [7, 11) is -3.11. The molecule has 0 aliphatic heterocycles. The molecule has 1 aromatic rings. The topological polar surface area (TPSA) is 72.0 Å². The van der Waals surface area contributed by atoms with Gasteiger partial charge in [-0.1, -0.05) is 0 Å². The van der Waals surface area contributed by atoms with Crippen LogP contribution in [0.4, 0.5) is 5.95 Å². The summed E-state index contributed by atoms with van der Waals surface area (Å²) in [6.45, 7) is 3.59. The van der Waals surface area contributed by atoms with E-state index >= 15 is 0 Å². The van der Waals surface area contributed by atoms with E-state index < -0.39 is 14.6 Å². The molecule has 16 heavy (non-hydrogen) atoms. The Labute approximate surface area is 104 Å². The summed E-state index contributed by atoms with van der Waals surface area (Å²) < 4.78 is 22.8. The lowest BCUT2D eigenvalue weighted by Gasteiger charge is -2.22. The van der Waals surface area contributed by atoms with E-state index in [9.17, 15) is 8.42 Å². The van der Waals surface area contributed by atoms with Crippen molar-refractivity contribution in [1.82, 2.24) is 9.97 Å². The van der Waals surface area contributed by atoms with E-state index in [1.807, 2.05) is 0 Å². The predicted octanol–water partition coefficient (Wildman–Crippen LogP) is 1.47. The zero-order valence-corrected chi connectivity index (χ0v) is 11.8. The summed E-state index contributed by atoms with van der Waals surface area (Å²) in [6.07, 6.45) is 4.42. The zero-order valence-electron chi connectivity index (χ0n) is 9.36. The quantitative estimate of drug-likeness (QED) is 0.912. The van der Waals surface area contributed by atoms with E-state index in [2.05, 4.69) is 31.2 Å². The number of nitrogens with one attached hydrogen (secondary N) is 1. The second kappa shape index (κ2) is 4.67. The minimum Gasteiger partial charge on any atom is -0.353 e. The highest BCUT2D eigenvalue weighted by Gasteiger charge is 2.29. The molecule has 0 unspecified atom stereocenters. The summed E-state index contributed by atoms with van der Waals surface area (Å²) in [4.78, 5) is 8.00. The molecule has 0 saturated carbocycles. The molecule has 0 aromatic carbocycles. The fourth-order valence-corrected chi connectivity index (χ4v) is 1.37. The van der Waals surface area contributed by atoms with Crippen molar-refractivity contribution in [1.29, 1.82) is 0 Å². The molecule has 0 amide bonds. The van der Waals surface area contributed by atoms with Gasteiger partial charge in [-0.15, -0.1) is 0 Å². The molecule has 0 saturated heterocycles. The van der Waals surface area contributed by atoms with Gasteiger partial charge in [0, 0.05) is 25.2 Å². The normalized spacial score (nSPS) is 12.5. The van der Waals surface area contributed by atoms with Crippen LogP contribution in [0.5, 0.6) is 0 Å². The second-order valence-electron chi connectivity index (χ2n) is 4.11. The van der Waals surface area contributed by atoms with Crippen molar-refractivity contribution in [3.63, 3.8) is 0 Å². The lowest BCUT2D eigenvalue weighted by atomic mass is 10.2. The first kappa shape index (κ1) is 13.4. The minimum absolute atomic E-state index is 0.271. The second-order valence-corrected chi connectivity index (χ2v) is 7.68. The Morgan fingerprint density at radius 3 is 2.31 bits per heavy atom. The molecule has 0 atom stereocenters. The smallest absolute Gasteiger partial charge is 0.222 e. The maximum Gasteiger partial charge on any atom is 0.222 e. The molecule has 1 heterocycles. The molecule has 0 fully saturated rings. The Morgan fingerprint density at radius 2 is 1.88 bits per heavy atom. The number of nitrogens with zero attached hydrogens (tertiary/aromatic N) is 2. The van der Waals surface area contributed by atoms with Crippen LogP contribution in [0.2, 0.25) is 0 Å². The number of sulfone groups is 1. The van der Waals surface area contributed by atoms with Gasteiger partial charge in [0.2, 0.25) is 5.95 Å². The maximum absolute atomic E-state index is 11.4. The van der Waals surface area contributed by atoms with Crippen LogP contribution >= 0.6 is 15.9 Å². The first-order valence-electron chi connectivity index (χ1n) is 4.63. The first-order chi connectivity index (χ1) is 7.22. The van der Waals surface area contributed by atoms with E-state index in [4.69, 9.17) is 0 Å². The van der Waals surface area contributed by atoms with Crippen LogP contribution in [0.15, 0.2) is 16.9 Å². The fraction of sp³-hybridized carbons (Fsp3) is 0.556. The van der Waals surface area contributed by atoms with Crippen LogP contribution in [0.3, 0.4) is 0 Å². The van der Waals surface area contributed by atoms with E-state index in [0.29, 0.717) is 5.95 Å². The SMILES string of the molecule is CC(C)(CNc1ncc(Br)cn1)S(C)(=O)=O. The molecular weight excluding hydrogens is 294 g/mol. The molecule has 90 valence electrons. The average molecular weight is 308 g/mol. The lowest BCUT2D eigenvalue weighted by Crippen LogP contribution is -2.38. The molecule has 1 N–H and O–H groups in total. The van der Waals surface area contributed by atoms with Gasteiger partial charge in [-0.3, -0.25) is 0 Å². The molecule has 0 radical (unpaired) electrons. The third kappa shape index (κ3) is 3.41. The van der Waals surface area contributed by atoms with Gasteiger partial charge in [-0.25, -0.2) is 18.4 Å². The molecule has 0 aliphatic carbocycles. The number of halogens is 1. The van der Waals surface area contributed by atoms with Gasteiger partial charge < -0.3 is 5.32 Å². The van der Waals surface area contributed by atoms with Crippen LogP contribution in [-0.2, 0) is 9.84 Å². The highest BCUT2D eigenvalue weighted by molar-refractivity contribution is 9.10. The number of hydrogen-bond acceptors (Lipinski definition) is 5. The lowest BCUT2D eigenvalue weighted by molar-refractivity contribution is 0.559. The Bertz CT molecular complexity index is 456. The van der Waals surface area contributed by atoms with E-state index in [1.165, 1.54) is 6.26 Å². The summed E-state index contributed by atoms with van der Waals surface area (Å²) in [5.74, 6) is 0.417. The maximum atomic E-state index is 11.4. The Morgan fingerprint density at radius 1 is 1.38 bits per heavy atom. The van der Waals surface area contributed by atoms with Crippen molar-refractivity contribution in [2.75, 3.05) is 18.1 Å². The monoisotopic (exact) mass is 307 g/mol. The average Bonchev–Trinajstić information content (AvgIpc) is 2.15. The van der Waals surface area contributed by atoms with Crippen molar-refractivity contribution in [3.05, 3.63) is 16.9 Å². The van der Waals surface area contributed by atoms with E-state index in [-0.39, 0.29) is 6.54 Å². The van der Waals surface area contributed by atoms with Gasteiger partial charge in [0.05, 0.1) is 9.22 Å². The fourth-order valence-electron chi connectivity index (χ4n) is 0.827. The minimum atomic E-state index is -3.11. The van der Waals surface area contributed by atoms with Crippen LogP contribution in [0, 0.1) is 0 Å². The van der Waals surface area contributed by atoms with Gasteiger partial charge in [-0.05, 0) is 29.8 Å². The first-order valence-corrected chi connectivity index (χ1v) is 7.32. The molecule has 0 aliphatic rings. The van der Waals surface area contributed by atoms with E-state index in [0.717, 1.165) is 4.47 Å². The van der Waals surface area contributed by atoms with Crippen LogP contribution in [-0.4, -0.2) is 35.9 Å². The summed E-state index contributed by atoms with van der Waals surface area (Å²) in [6, 6.07) is 0. The van der Waals surface area contributed by atoms with Gasteiger partial charge in [0.25, 0.3) is 0 Å². The molecular formula is C9H14BrN3O2S. The summed E-state index contributed by atoms with van der Waals surface area (Å²) in [5.41, 5.74) is 0. The third-order valence-corrected chi connectivity index (χ3v) is 4.86. The van der Waals surface area contributed by atoms with Gasteiger partial charge in [0.15, 0.2) is 9.84 Å². The van der Waals surface area contributed by atoms with Gasteiger partial charge in [0.1, 0.15) is 0 Å². The van der Waals surface area contributed by atoms with Gasteiger partial charge in [-0.2, -0.15) is 0 Å². The van der Waals surface area contributed by atoms with Crippen LogP contribution < -0.4 is 5.32 Å². The highest BCUT2D eigenvalue weighted by atomic mass is 79.9. The van der Waals surface area contributed by atoms with Crippen molar-refractivity contribution >= 4 is 31.7 Å². The third-order valence-electron chi connectivity index (χ3n) is 2.30. The largest absolute Gasteiger partial charge is 0.353 e. The number of rotatable bonds is 4. The number of anilines is 1. The van der Waals surface area contributed by atoms with E-state index in [1.54, 1.807) is 26.2 Å². The number of aromatic nitrogens is 2. The summed E-state index contributed by atoms with van der Waals surface area (Å²) in [5, 5.41) is 2.90. The molecule has 1 rings (SSSR count). The van der Waals surface area contributed by atoms with Crippen molar-refractivity contribution in [2.24, 2.45) is 0 Å². The van der Waals surface area contributed by atoms with Crippen LogP contribution in [0.1, 0.15) is 13.8 Å². The summed E-state index contributed by atoms with van der Waals surface area (Å²) >= 11 is 3.22. The molecule has 1 aromatic heterocycles. The molecule has 0 spiro atoms. The zero-order chi connectivity index (χ0) is 12.4. The Hall–Kier alpha value is -0.690. The highest BCUT2D eigenvalue weighted by Crippen LogP contribution is 2.15. The van der Waals surface area contributed by atoms with Crippen molar-refractivity contribution < 1.29 is 8.42 Å². The van der Waals surface area contributed by atoms with Crippen molar-refractivity contribution in [3.8, 4) is 0 Å². The molecule has 0 bridgehead atoms. The Balaban J connectivity index is 2.68. The van der Waals surface area contributed by atoms with Crippen LogP contribution in [0.25, 0.3) is 0 Å². The number of hydrogen-bond donors (Lipinski definition) is 1. The standard InChI is InChI=1S/C9H14BrN3O2S/c1-9(2,16(3,14)15)6-13-8-11-4-7(10)5-12-8/h4-5H,6H2,1-3H3,(H,11,12,13). The Kier molecular flexibility index (Phi) is 3.90. The molecule has 7 heteroatoms. The molecule has 5 nitrogen and oxygen atoms in total.